The predicted molar refractivity (Wildman–Crippen MR) is 112 cm³/mol. The third kappa shape index (κ3) is 3.48. The van der Waals surface area contributed by atoms with Crippen LogP contribution in [0.15, 0.2) is 24.3 Å². The normalized spacial score (nSPS) is 25.5. The Morgan fingerprint density at radius 1 is 1.07 bits per heavy atom. The van der Waals surface area contributed by atoms with Gasteiger partial charge in [0.15, 0.2) is 0 Å². The molecule has 0 unspecified atom stereocenters. The van der Waals surface area contributed by atoms with Gasteiger partial charge in [0, 0.05) is 13.1 Å². The Morgan fingerprint density at radius 2 is 1.73 bits per heavy atom. The molecule has 3 fully saturated rings. The Balaban J connectivity index is 1.49. The minimum absolute atomic E-state index is 0.143. The second-order valence-corrected chi connectivity index (χ2v) is 8.44. The molecule has 1 aromatic carbocycles. The molecule has 3 aliphatic heterocycles. The van der Waals surface area contributed by atoms with E-state index >= 15 is 0 Å². The van der Waals surface area contributed by atoms with Crippen molar-refractivity contribution < 1.29 is 19.1 Å². The maximum Gasteiger partial charge on any atom is 0.251 e. The molecule has 0 spiro atoms. The van der Waals surface area contributed by atoms with Gasteiger partial charge in [-0.05, 0) is 50.9 Å². The fourth-order valence-corrected chi connectivity index (χ4v) is 5.21. The first-order valence-electron chi connectivity index (χ1n) is 10.8. The molecule has 4 rings (SSSR count). The molecule has 8 nitrogen and oxygen atoms in total. The first kappa shape index (κ1) is 20.8. The molecule has 1 aromatic rings. The maximum atomic E-state index is 13.2. The first-order chi connectivity index (χ1) is 14.5. The lowest BCUT2D eigenvalue weighted by molar-refractivity contribution is -0.136. The lowest BCUT2D eigenvalue weighted by atomic mass is 9.83. The van der Waals surface area contributed by atoms with Gasteiger partial charge in [0.25, 0.3) is 5.91 Å². The summed E-state index contributed by atoms with van der Waals surface area (Å²) in [5.41, 5.74) is 5.72. The summed E-state index contributed by atoms with van der Waals surface area (Å²) in [6.07, 6.45) is 4.69. The van der Waals surface area contributed by atoms with Gasteiger partial charge in [-0.15, -0.1) is 0 Å². The van der Waals surface area contributed by atoms with Crippen LogP contribution in [0.1, 0.15) is 38.5 Å². The molecule has 0 aliphatic carbocycles. The summed E-state index contributed by atoms with van der Waals surface area (Å²) in [7, 11) is 1.52. The molecule has 0 saturated carbocycles. The van der Waals surface area contributed by atoms with E-state index < -0.39 is 11.6 Å². The number of carbonyl (C=O) groups is 3. The van der Waals surface area contributed by atoms with Crippen LogP contribution < -0.4 is 15.4 Å². The van der Waals surface area contributed by atoms with Crippen molar-refractivity contribution in [2.24, 2.45) is 5.73 Å². The third-order valence-electron chi connectivity index (χ3n) is 6.93. The highest BCUT2D eigenvalue weighted by Gasteiger charge is 2.49. The first-order valence-corrected chi connectivity index (χ1v) is 10.8. The molecule has 30 heavy (non-hydrogen) atoms. The average molecular weight is 415 g/mol. The lowest BCUT2D eigenvalue weighted by Gasteiger charge is -2.48. The maximum absolute atomic E-state index is 13.2. The number of amides is 3. The molecule has 1 atom stereocenters. The van der Waals surface area contributed by atoms with Gasteiger partial charge in [0.2, 0.25) is 11.8 Å². The number of rotatable bonds is 5. The number of benzene rings is 1. The number of imide groups is 1. The van der Waals surface area contributed by atoms with Gasteiger partial charge in [-0.25, -0.2) is 4.90 Å². The van der Waals surface area contributed by atoms with Crippen LogP contribution in [0.2, 0.25) is 0 Å². The van der Waals surface area contributed by atoms with Crippen molar-refractivity contribution >= 4 is 23.4 Å². The van der Waals surface area contributed by atoms with E-state index in [1.165, 1.54) is 18.4 Å². The molecule has 2 N–H and O–H groups in total. The van der Waals surface area contributed by atoms with Crippen LogP contribution in [-0.4, -0.2) is 72.4 Å². The summed E-state index contributed by atoms with van der Waals surface area (Å²) in [5, 5.41) is 0. The summed E-state index contributed by atoms with van der Waals surface area (Å²) in [6.45, 7) is 2.93. The van der Waals surface area contributed by atoms with E-state index in [1.807, 2.05) is 4.90 Å². The summed E-state index contributed by atoms with van der Waals surface area (Å²) < 4.78 is 5.34. The fourth-order valence-electron chi connectivity index (χ4n) is 5.21. The van der Waals surface area contributed by atoms with Gasteiger partial charge in [0.1, 0.15) is 11.3 Å². The zero-order valence-corrected chi connectivity index (χ0v) is 17.5. The number of nitrogens with two attached hydrogens (primary N) is 1. The van der Waals surface area contributed by atoms with Crippen molar-refractivity contribution in [3.05, 3.63) is 24.3 Å². The smallest absolute Gasteiger partial charge is 0.251 e. The van der Waals surface area contributed by atoms with Crippen LogP contribution in [0, 0.1) is 0 Å². The predicted octanol–water partition coefficient (Wildman–Crippen LogP) is 1.13. The minimum atomic E-state index is -0.634. The van der Waals surface area contributed by atoms with E-state index in [0.717, 1.165) is 25.9 Å². The van der Waals surface area contributed by atoms with E-state index in [1.54, 1.807) is 24.3 Å². The summed E-state index contributed by atoms with van der Waals surface area (Å²) in [6, 6.07) is 6.55. The highest BCUT2D eigenvalue weighted by Crippen LogP contribution is 2.36. The second kappa shape index (κ2) is 8.35. The van der Waals surface area contributed by atoms with Crippen LogP contribution in [-0.2, 0) is 14.4 Å². The van der Waals surface area contributed by atoms with Gasteiger partial charge in [-0.1, -0.05) is 18.6 Å². The number of primary amides is 1. The molecule has 0 radical (unpaired) electrons. The van der Waals surface area contributed by atoms with E-state index in [2.05, 4.69) is 4.90 Å². The highest BCUT2D eigenvalue weighted by molar-refractivity contribution is 6.23. The number of piperidine rings is 2. The van der Waals surface area contributed by atoms with Crippen molar-refractivity contribution in [3.63, 3.8) is 0 Å². The molecular weight excluding hydrogens is 384 g/mol. The number of ether oxygens (including phenoxy) is 1. The number of carbonyl (C=O) groups excluding carboxylic acids is 3. The molecule has 162 valence electrons. The number of para-hydroxylation sites is 2. The molecule has 3 saturated heterocycles. The molecule has 0 aromatic heterocycles. The van der Waals surface area contributed by atoms with Crippen LogP contribution in [0.3, 0.4) is 0 Å². The fraction of sp³-hybridized carbons (Fsp3) is 0.591. The van der Waals surface area contributed by atoms with Crippen LogP contribution in [0.4, 0.5) is 5.69 Å². The van der Waals surface area contributed by atoms with Crippen LogP contribution in [0.25, 0.3) is 0 Å². The molecule has 3 aliphatic rings. The monoisotopic (exact) mass is 414 g/mol. The van der Waals surface area contributed by atoms with E-state index in [-0.39, 0.29) is 24.1 Å². The van der Waals surface area contributed by atoms with Crippen molar-refractivity contribution in [3.8, 4) is 5.75 Å². The highest BCUT2D eigenvalue weighted by atomic mass is 16.5. The Morgan fingerprint density at radius 3 is 2.37 bits per heavy atom. The lowest BCUT2D eigenvalue weighted by Crippen LogP contribution is -2.64. The molecule has 8 heteroatoms. The van der Waals surface area contributed by atoms with Gasteiger partial charge in [-0.3, -0.25) is 24.2 Å². The third-order valence-corrected chi connectivity index (χ3v) is 6.93. The van der Waals surface area contributed by atoms with Crippen molar-refractivity contribution in [2.45, 2.75) is 50.1 Å². The SMILES string of the molecule is COc1ccccc1N1C(=O)C[C@@H](N2CCC(C(N)=O)(N3CCCCC3)CC2)C1=O. The Bertz CT molecular complexity index is 828. The summed E-state index contributed by atoms with van der Waals surface area (Å²) >= 11 is 0. The number of methoxy groups -OCH3 is 1. The Hall–Kier alpha value is -2.45. The number of likely N-dealkylation sites (tertiary alicyclic amines) is 2. The zero-order valence-electron chi connectivity index (χ0n) is 17.5. The van der Waals surface area contributed by atoms with E-state index in [9.17, 15) is 14.4 Å². The van der Waals surface area contributed by atoms with Gasteiger partial charge >= 0.3 is 0 Å². The number of anilines is 1. The minimum Gasteiger partial charge on any atom is -0.495 e. The quantitative estimate of drug-likeness (QED) is 0.726. The van der Waals surface area contributed by atoms with E-state index in [0.29, 0.717) is 37.4 Å². The second-order valence-electron chi connectivity index (χ2n) is 8.44. The number of hydrogen-bond acceptors (Lipinski definition) is 6. The number of nitrogens with zero attached hydrogens (tertiary/aromatic N) is 3. The van der Waals surface area contributed by atoms with Crippen molar-refractivity contribution in [2.75, 3.05) is 38.2 Å². The largest absolute Gasteiger partial charge is 0.495 e. The summed E-state index contributed by atoms with van der Waals surface area (Å²) in [4.78, 5) is 43.9. The topological polar surface area (TPSA) is 96.2 Å². The Kier molecular flexibility index (Phi) is 5.79. The number of hydrogen-bond donors (Lipinski definition) is 1. The van der Waals surface area contributed by atoms with Gasteiger partial charge < -0.3 is 10.5 Å². The van der Waals surface area contributed by atoms with E-state index in [4.69, 9.17) is 10.5 Å². The molecule has 3 heterocycles. The average Bonchev–Trinajstić information content (AvgIpc) is 3.08. The Labute approximate surface area is 176 Å². The van der Waals surface area contributed by atoms with Crippen molar-refractivity contribution in [1.29, 1.82) is 0 Å². The van der Waals surface area contributed by atoms with Crippen LogP contribution >= 0.6 is 0 Å². The van der Waals surface area contributed by atoms with Gasteiger partial charge in [-0.2, -0.15) is 0 Å². The molecular formula is C22H30N4O4. The van der Waals surface area contributed by atoms with Crippen molar-refractivity contribution in [1.82, 2.24) is 9.80 Å². The molecule has 0 bridgehead atoms. The molecule has 3 amide bonds. The van der Waals surface area contributed by atoms with Gasteiger partial charge in [0.05, 0.1) is 25.3 Å². The van der Waals surface area contributed by atoms with Crippen LogP contribution in [0.5, 0.6) is 5.75 Å². The summed E-state index contributed by atoms with van der Waals surface area (Å²) in [5.74, 6) is -0.226. The zero-order chi connectivity index (χ0) is 21.3. The standard InChI is InChI=1S/C22H30N4O4/c1-30-18-8-4-3-7-16(18)26-19(27)15-17(20(26)28)24-13-9-22(10-14-24,21(23)29)25-11-5-2-6-12-25/h3-4,7-8,17H,2,5-6,9-15H2,1H3,(H2,23,29)/t17-/m1/s1.